The monoisotopic (exact) mass is 443 g/mol. The number of benzene rings is 1. The quantitative estimate of drug-likeness (QED) is 0.213. The van der Waals surface area contributed by atoms with Crippen molar-refractivity contribution in [1.29, 1.82) is 0 Å². The third-order valence-corrected chi connectivity index (χ3v) is 4.45. The number of hydroxylamine groups is 1. The Balaban J connectivity index is 2.95. The summed E-state index contributed by atoms with van der Waals surface area (Å²) in [4.78, 5) is 17.2. The molecule has 2 N–H and O–H groups in total. The highest BCUT2D eigenvalue weighted by atomic mass is 16.7. The van der Waals surface area contributed by atoms with E-state index in [0.717, 1.165) is 37.7 Å². The van der Waals surface area contributed by atoms with Crippen LogP contribution in [0.2, 0.25) is 0 Å². The number of carboxylic acids is 1. The molecule has 0 bridgehead atoms. The first-order valence-corrected chi connectivity index (χ1v) is 11.2. The van der Waals surface area contributed by atoms with Crippen molar-refractivity contribution in [3.63, 3.8) is 0 Å². The molecule has 0 unspecified atom stereocenters. The average molecular weight is 444 g/mol. The van der Waals surface area contributed by atoms with Crippen LogP contribution in [-0.4, -0.2) is 36.4 Å². The molecule has 6 nitrogen and oxygen atoms in total. The molecule has 0 aliphatic carbocycles. The molecule has 32 heavy (non-hydrogen) atoms. The zero-order valence-electron chi connectivity index (χ0n) is 19.7. The first-order chi connectivity index (χ1) is 15.3. The van der Waals surface area contributed by atoms with Crippen molar-refractivity contribution >= 4 is 5.97 Å². The molecule has 0 amide bonds. The summed E-state index contributed by atoms with van der Waals surface area (Å²) >= 11 is 0. The number of aromatic carboxylic acids is 1. The highest BCUT2D eigenvalue weighted by Gasteiger charge is 2.17. The van der Waals surface area contributed by atoms with Gasteiger partial charge in [0.2, 0.25) is 0 Å². The van der Waals surface area contributed by atoms with Gasteiger partial charge in [0, 0.05) is 24.9 Å². The number of hydrogen-bond donors (Lipinski definition) is 2. The van der Waals surface area contributed by atoms with E-state index in [0.29, 0.717) is 50.5 Å². The molecular formula is C26H37NO5. The summed E-state index contributed by atoms with van der Waals surface area (Å²) in [5.74, 6) is 5.29. The largest absolute Gasteiger partial charge is 0.493 e. The molecule has 1 aromatic carbocycles. The average Bonchev–Trinajstić information content (AvgIpc) is 2.73. The van der Waals surface area contributed by atoms with Crippen molar-refractivity contribution in [3.8, 4) is 36.2 Å². The standard InChI is InChI=1S/C26H37NO5/c1-6-8-10-12-17-30-23-19-21(25(28)29)20-24(31-18-13-11-9-7-2)22(23)15-14-16-27-32-26(3,4)5/h1-2,19-20,27H,8-18H2,3-5H3,(H,28,29). The smallest absolute Gasteiger partial charge is 0.335 e. The molecule has 0 heterocycles. The summed E-state index contributed by atoms with van der Waals surface area (Å²) in [6.45, 7) is 7.49. The number of rotatable bonds is 16. The Morgan fingerprint density at radius 1 is 0.969 bits per heavy atom. The summed E-state index contributed by atoms with van der Waals surface area (Å²) < 4.78 is 12.0. The molecule has 1 rings (SSSR count). The molecule has 6 heteroatoms. The fourth-order valence-corrected chi connectivity index (χ4v) is 2.87. The van der Waals surface area contributed by atoms with E-state index < -0.39 is 5.97 Å². The van der Waals surface area contributed by atoms with E-state index in [4.69, 9.17) is 27.2 Å². The Morgan fingerprint density at radius 2 is 1.50 bits per heavy atom. The van der Waals surface area contributed by atoms with E-state index >= 15 is 0 Å². The number of ether oxygens (including phenoxy) is 2. The van der Waals surface area contributed by atoms with Crippen LogP contribution >= 0.6 is 0 Å². The van der Waals surface area contributed by atoms with Crippen molar-refractivity contribution in [2.45, 2.75) is 77.7 Å². The Bertz CT molecular complexity index is 738. The number of unbranched alkanes of at least 4 members (excludes halogenated alkanes) is 4. The van der Waals surface area contributed by atoms with Crippen LogP contribution in [0.5, 0.6) is 11.5 Å². The Morgan fingerprint density at radius 3 is 1.94 bits per heavy atom. The van der Waals surface area contributed by atoms with Crippen LogP contribution in [-0.2, 0) is 11.3 Å². The van der Waals surface area contributed by atoms with E-state index in [-0.39, 0.29) is 11.2 Å². The minimum atomic E-state index is -1.02. The molecule has 0 aromatic heterocycles. The van der Waals surface area contributed by atoms with Crippen molar-refractivity contribution in [2.75, 3.05) is 19.8 Å². The minimum absolute atomic E-state index is 0.139. The van der Waals surface area contributed by atoms with Crippen LogP contribution in [0.25, 0.3) is 0 Å². The molecule has 0 saturated carbocycles. The van der Waals surface area contributed by atoms with Gasteiger partial charge in [-0.3, -0.25) is 4.84 Å². The van der Waals surface area contributed by atoms with Crippen LogP contribution < -0.4 is 15.0 Å². The second-order valence-electron chi connectivity index (χ2n) is 8.49. The van der Waals surface area contributed by atoms with Crippen LogP contribution in [0.1, 0.15) is 81.6 Å². The molecule has 0 spiro atoms. The van der Waals surface area contributed by atoms with Gasteiger partial charge in [0.05, 0.1) is 24.4 Å². The lowest BCUT2D eigenvalue weighted by Crippen LogP contribution is -2.29. The number of carbonyl (C=O) groups is 1. The van der Waals surface area contributed by atoms with Crippen LogP contribution in [0.4, 0.5) is 0 Å². The van der Waals surface area contributed by atoms with E-state index in [1.807, 2.05) is 20.8 Å². The van der Waals surface area contributed by atoms with E-state index in [2.05, 4.69) is 17.3 Å². The maximum absolute atomic E-state index is 11.7. The Kier molecular flexibility index (Phi) is 13.0. The van der Waals surface area contributed by atoms with Gasteiger partial charge in [-0.25, -0.2) is 10.3 Å². The van der Waals surface area contributed by atoms with E-state index in [1.165, 1.54) is 0 Å². The van der Waals surface area contributed by atoms with Gasteiger partial charge in [-0.2, -0.15) is 0 Å². The lowest BCUT2D eigenvalue weighted by atomic mass is 10.0. The van der Waals surface area contributed by atoms with Gasteiger partial charge < -0.3 is 14.6 Å². The molecule has 0 saturated heterocycles. The Labute approximate surface area is 193 Å². The summed E-state index contributed by atoms with van der Waals surface area (Å²) in [7, 11) is 0. The second-order valence-corrected chi connectivity index (χ2v) is 8.49. The lowest BCUT2D eigenvalue weighted by molar-refractivity contribution is -0.0724. The van der Waals surface area contributed by atoms with Gasteiger partial charge in [0.1, 0.15) is 11.5 Å². The van der Waals surface area contributed by atoms with Crippen molar-refractivity contribution in [1.82, 2.24) is 5.48 Å². The lowest BCUT2D eigenvalue weighted by Gasteiger charge is -2.20. The number of terminal acetylenes is 2. The van der Waals surface area contributed by atoms with Gasteiger partial charge in [0.15, 0.2) is 0 Å². The summed E-state index contributed by atoms with van der Waals surface area (Å²) in [6, 6.07) is 3.15. The van der Waals surface area contributed by atoms with Crippen LogP contribution in [0.3, 0.4) is 0 Å². The van der Waals surface area contributed by atoms with E-state index in [1.54, 1.807) is 12.1 Å². The van der Waals surface area contributed by atoms with Gasteiger partial charge in [0.25, 0.3) is 0 Å². The number of hydrogen-bond acceptors (Lipinski definition) is 5. The molecular weight excluding hydrogens is 406 g/mol. The van der Waals surface area contributed by atoms with Gasteiger partial charge >= 0.3 is 5.97 Å². The normalized spacial score (nSPS) is 10.9. The molecule has 0 atom stereocenters. The number of nitrogens with one attached hydrogen (secondary N) is 1. The van der Waals surface area contributed by atoms with Crippen molar-refractivity contribution in [2.24, 2.45) is 0 Å². The van der Waals surface area contributed by atoms with E-state index in [9.17, 15) is 9.90 Å². The highest BCUT2D eigenvalue weighted by Crippen LogP contribution is 2.33. The van der Waals surface area contributed by atoms with Crippen LogP contribution in [0.15, 0.2) is 12.1 Å². The maximum atomic E-state index is 11.7. The van der Waals surface area contributed by atoms with Crippen molar-refractivity contribution in [3.05, 3.63) is 23.3 Å². The van der Waals surface area contributed by atoms with Crippen molar-refractivity contribution < 1.29 is 24.2 Å². The summed E-state index contributed by atoms with van der Waals surface area (Å²) in [5, 5.41) is 9.55. The third-order valence-electron chi connectivity index (χ3n) is 4.45. The van der Waals surface area contributed by atoms with Gasteiger partial charge in [-0.15, -0.1) is 24.7 Å². The first kappa shape index (κ1) is 27.4. The molecule has 0 aliphatic rings. The minimum Gasteiger partial charge on any atom is -0.493 e. The maximum Gasteiger partial charge on any atom is 0.335 e. The molecule has 0 fully saturated rings. The number of carboxylic acid groups (broad SMARTS) is 1. The molecule has 176 valence electrons. The van der Waals surface area contributed by atoms with Gasteiger partial charge in [-0.05, 0) is 71.4 Å². The fourth-order valence-electron chi connectivity index (χ4n) is 2.87. The molecule has 1 aromatic rings. The topological polar surface area (TPSA) is 77.0 Å². The fraction of sp³-hybridized carbons (Fsp3) is 0.577. The predicted molar refractivity (Wildman–Crippen MR) is 127 cm³/mol. The highest BCUT2D eigenvalue weighted by molar-refractivity contribution is 5.89. The second kappa shape index (κ2) is 15.2. The SMILES string of the molecule is C#CCCCCOc1cc(C(=O)O)cc(OCCCCC#C)c1CCCNOC(C)(C)C. The van der Waals surface area contributed by atoms with Gasteiger partial charge in [-0.1, -0.05) is 0 Å². The third kappa shape index (κ3) is 11.6. The zero-order valence-corrected chi connectivity index (χ0v) is 19.7. The molecule has 0 radical (unpaired) electrons. The molecule has 0 aliphatic heterocycles. The zero-order chi connectivity index (χ0) is 23.8. The summed E-state index contributed by atoms with van der Waals surface area (Å²) in [5.41, 5.74) is 3.71. The predicted octanol–water partition coefficient (Wildman–Crippen LogP) is 5.00. The van der Waals surface area contributed by atoms with Crippen LogP contribution in [0, 0.1) is 24.7 Å². The summed E-state index contributed by atoms with van der Waals surface area (Å²) in [6.07, 6.45) is 16.7. The first-order valence-electron chi connectivity index (χ1n) is 11.2. The Hall–Kier alpha value is -2.67.